The van der Waals surface area contributed by atoms with Crippen LogP contribution in [-0.2, 0) is 11.2 Å². The highest BCUT2D eigenvalue weighted by Crippen LogP contribution is 2.28. The second-order valence-corrected chi connectivity index (χ2v) is 7.75. The van der Waals surface area contributed by atoms with Crippen LogP contribution in [0.2, 0.25) is 0 Å². The lowest BCUT2D eigenvalue weighted by Crippen LogP contribution is -2.24. The minimum absolute atomic E-state index is 0.182. The lowest BCUT2D eigenvalue weighted by molar-refractivity contribution is 0.523. The maximum atomic E-state index is 11.8. The monoisotopic (exact) mass is 344 g/mol. The molecule has 0 aliphatic rings. The van der Waals surface area contributed by atoms with Crippen LogP contribution in [-0.4, -0.2) is 14.9 Å². The summed E-state index contributed by atoms with van der Waals surface area (Å²) in [5.41, 5.74) is 2.01. The van der Waals surface area contributed by atoms with Gasteiger partial charge in [-0.3, -0.25) is 0 Å². The summed E-state index contributed by atoms with van der Waals surface area (Å²) in [5.74, 6) is 7.39. The van der Waals surface area contributed by atoms with Crippen molar-refractivity contribution in [2.45, 2.75) is 44.0 Å². The predicted octanol–water partition coefficient (Wildman–Crippen LogP) is 3.00. The van der Waals surface area contributed by atoms with Gasteiger partial charge >= 0.3 is 5.63 Å². The number of hydrogen-bond acceptors (Lipinski definition) is 6. The quantitative estimate of drug-likeness (QED) is 0.446. The Bertz CT molecular complexity index is 953. The maximum absolute atomic E-state index is 11.8. The van der Waals surface area contributed by atoms with Crippen molar-refractivity contribution in [1.29, 1.82) is 0 Å². The zero-order chi connectivity index (χ0) is 17.5. The van der Waals surface area contributed by atoms with Crippen molar-refractivity contribution in [2.24, 2.45) is 0 Å². The van der Waals surface area contributed by atoms with E-state index < -0.39 is 0 Å². The summed E-state index contributed by atoms with van der Waals surface area (Å²) >= 11 is 1.45. The van der Waals surface area contributed by atoms with Crippen molar-refractivity contribution in [3.05, 3.63) is 51.6 Å². The molecule has 1 aromatic carbocycles. The summed E-state index contributed by atoms with van der Waals surface area (Å²) in [6, 6.07) is 7.36. The van der Waals surface area contributed by atoms with Crippen LogP contribution in [0.3, 0.4) is 0 Å². The molecular formula is C17H20N4O2S. The molecule has 0 fully saturated rings. The molecule has 0 saturated heterocycles. The molecule has 6 nitrogen and oxygen atoms in total. The first kappa shape index (κ1) is 16.6. The standard InChI is InChI=1S/C17H20N4O2S/c1-10-5-6-12-11(8-14(22)23-13(12)7-10)9-24-16-20-19-15(21(16)18)17(2,3)4/h5-8H,9,18H2,1-4H3. The molecule has 0 spiro atoms. The average molecular weight is 344 g/mol. The first-order chi connectivity index (χ1) is 11.3. The van der Waals surface area contributed by atoms with Crippen molar-refractivity contribution >= 4 is 22.7 Å². The predicted molar refractivity (Wildman–Crippen MR) is 95.7 cm³/mol. The number of rotatable bonds is 3. The Balaban J connectivity index is 1.92. The highest BCUT2D eigenvalue weighted by Gasteiger charge is 2.23. The van der Waals surface area contributed by atoms with Crippen molar-refractivity contribution in [1.82, 2.24) is 14.9 Å². The van der Waals surface area contributed by atoms with Crippen LogP contribution in [0.15, 0.2) is 38.6 Å². The first-order valence-electron chi connectivity index (χ1n) is 7.63. The van der Waals surface area contributed by atoms with Crippen LogP contribution in [0.25, 0.3) is 11.0 Å². The van der Waals surface area contributed by atoms with Gasteiger partial charge in [0.05, 0.1) is 0 Å². The third kappa shape index (κ3) is 3.17. The molecule has 7 heteroatoms. The first-order valence-corrected chi connectivity index (χ1v) is 8.61. The Labute approximate surface area is 144 Å². The van der Waals surface area contributed by atoms with Crippen LogP contribution in [0.1, 0.15) is 37.7 Å². The Kier molecular flexibility index (Phi) is 4.13. The van der Waals surface area contributed by atoms with Gasteiger partial charge in [-0.1, -0.05) is 44.7 Å². The maximum Gasteiger partial charge on any atom is 0.336 e. The normalized spacial score (nSPS) is 12.0. The number of thioether (sulfide) groups is 1. The molecule has 126 valence electrons. The van der Waals surface area contributed by atoms with Crippen molar-refractivity contribution in [3.8, 4) is 0 Å². The molecule has 0 aliphatic carbocycles. The number of hydrogen-bond donors (Lipinski definition) is 1. The fourth-order valence-corrected chi connectivity index (χ4v) is 3.33. The van der Waals surface area contributed by atoms with Gasteiger partial charge in [0.2, 0.25) is 5.16 Å². The Morgan fingerprint density at radius 2 is 2.00 bits per heavy atom. The fourth-order valence-electron chi connectivity index (χ4n) is 2.49. The van der Waals surface area contributed by atoms with Gasteiger partial charge in [0, 0.05) is 22.6 Å². The number of nitrogen functional groups attached to an aromatic ring is 1. The van der Waals surface area contributed by atoms with Crippen LogP contribution in [0, 0.1) is 6.92 Å². The van der Waals surface area contributed by atoms with Gasteiger partial charge in [-0.2, -0.15) is 0 Å². The zero-order valence-electron chi connectivity index (χ0n) is 14.2. The topological polar surface area (TPSA) is 86.9 Å². The Hall–Kier alpha value is -2.28. The number of nitrogens with zero attached hydrogens (tertiary/aromatic N) is 3. The highest BCUT2D eigenvalue weighted by atomic mass is 32.2. The van der Waals surface area contributed by atoms with Crippen LogP contribution >= 0.6 is 11.8 Å². The molecule has 3 rings (SSSR count). The van der Waals surface area contributed by atoms with Crippen LogP contribution in [0.5, 0.6) is 0 Å². The van der Waals surface area contributed by atoms with Gasteiger partial charge in [-0.25, -0.2) is 9.47 Å². The molecule has 0 unspecified atom stereocenters. The number of aromatic nitrogens is 3. The van der Waals surface area contributed by atoms with E-state index in [0.717, 1.165) is 22.3 Å². The summed E-state index contributed by atoms with van der Waals surface area (Å²) < 4.78 is 6.80. The van der Waals surface area contributed by atoms with E-state index in [0.29, 0.717) is 16.5 Å². The van der Waals surface area contributed by atoms with E-state index in [1.807, 2.05) is 45.9 Å². The molecule has 0 amide bonds. The van der Waals surface area contributed by atoms with Gasteiger partial charge in [0.15, 0.2) is 5.82 Å². The molecular weight excluding hydrogens is 324 g/mol. The molecule has 3 aromatic rings. The average Bonchev–Trinajstić information content (AvgIpc) is 2.85. The largest absolute Gasteiger partial charge is 0.423 e. The number of benzene rings is 1. The molecule has 0 aliphatic heterocycles. The fraction of sp³-hybridized carbons (Fsp3) is 0.353. The summed E-state index contributed by atoms with van der Waals surface area (Å²) in [4.78, 5) is 11.8. The molecule has 2 heterocycles. The van der Waals surface area contributed by atoms with E-state index in [9.17, 15) is 4.79 Å². The minimum atomic E-state index is -0.353. The Morgan fingerprint density at radius 3 is 2.67 bits per heavy atom. The minimum Gasteiger partial charge on any atom is -0.423 e. The molecule has 0 atom stereocenters. The number of fused-ring (bicyclic) bond motifs is 1. The van der Waals surface area contributed by atoms with Gasteiger partial charge in [-0.05, 0) is 24.1 Å². The number of nitrogens with two attached hydrogens (primary N) is 1. The molecule has 0 radical (unpaired) electrons. The summed E-state index contributed by atoms with van der Waals surface area (Å²) in [6.07, 6.45) is 0. The van der Waals surface area contributed by atoms with E-state index >= 15 is 0 Å². The Morgan fingerprint density at radius 1 is 1.25 bits per heavy atom. The van der Waals surface area contributed by atoms with Gasteiger partial charge in [0.1, 0.15) is 5.58 Å². The second kappa shape index (κ2) is 5.98. The lowest BCUT2D eigenvalue weighted by atomic mass is 9.96. The van der Waals surface area contributed by atoms with Gasteiger partial charge in [-0.15, -0.1) is 10.2 Å². The van der Waals surface area contributed by atoms with E-state index in [1.165, 1.54) is 22.5 Å². The van der Waals surface area contributed by atoms with Crippen molar-refractivity contribution in [2.75, 3.05) is 5.84 Å². The third-order valence-electron chi connectivity index (χ3n) is 3.68. The zero-order valence-corrected chi connectivity index (χ0v) is 15.0. The van der Waals surface area contributed by atoms with Crippen LogP contribution in [0.4, 0.5) is 0 Å². The molecule has 0 bridgehead atoms. The second-order valence-electron chi connectivity index (χ2n) is 6.81. The van der Waals surface area contributed by atoms with Gasteiger partial charge < -0.3 is 10.3 Å². The van der Waals surface area contributed by atoms with Crippen LogP contribution < -0.4 is 11.5 Å². The smallest absolute Gasteiger partial charge is 0.336 e. The lowest BCUT2D eigenvalue weighted by Gasteiger charge is -2.16. The molecule has 24 heavy (non-hydrogen) atoms. The summed E-state index contributed by atoms with van der Waals surface area (Å²) in [7, 11) is 0. The van der Waals surface area contributed by atoms with Crippen molar-refractivity contribution < 1.29 is 4.42 Å². The highest BCUT2D eigenvalue weighted by molar-refractivity contribution is 7.98. The van der Waals surface area contributed by atoms with E-state index in [-0.39, 0.29) is 11.0 Å². The molecule has 2 N–H and O–H groups in total. The third-order valence-corrected chi connectivity index (χ3v) is 4.67. The van der Waals surface area contributed by atoms with E-state index in [4.69, 9.17) is 10.3 Å². The van der Waals surface area contributed by atoms with Gasteiger partial charge in [0.25, 0.3) is 0 Å². The molecule has 2 aromatic heterocycles. The summed E-state index contributed by atoms with van der Waals surface area (Å²) in [5, 5.41) is 9.88. The SMILES string of the molecule is Cc1ccc2c(CSc3nnc(C(C)(C)C)n3N)cc(=O)oc2c1. The molecule has 0 saturated carbocycles. The number of aryl methyl sites for hydroxylation is 1. The summed E-state index contributed by atoms with van der Waals surface area (Å²) in [6.45, 7) is 8.07. The van der Waals surface area contributed by atoms with Crippen molar-refractivity contribution in [3.63, 3.8) is 0 Å². The van der Waals surface area contributed by atoms with E-state index in [1.54, 1.807) is 0 Å². The van der Waals surface area contributed by atoms with E-state index in [2.05, 4.69) is 10.2 Å².